The van der Waals surface area contributed by atoms with Crippen molar-refractivity contribution in [3.63, 3.8) is 0 Å². The summed E-state index contributed by atoms with van der Waals surface area (Å²) in [5.74, 6) is -0.175. The normalized spacial score (nSPS) is 14.3. The summed E-state index contributed by atoms with van der Waals surface area (Å²) in [6, 6.07) is 9.94. The summed E-state index contributed by atoms with van der Waals surface area (Å²) in [6.07, 6.45) is 2.80. The third kappa shape index (κ3) is 3.37. The number of aryl methyl sites for hydroxylation is 1. The van der Waals surface area contributed by atoms with Gasteiger partial charge in [-0.05, 0) is 44.2 Å². The number of carbonyl (C=O) groups excluding carboxylic acids is 1. The van der Waals surface area contributed by atoms with Crippen LogP contribution in [0, 0.1) is 0 Å². The molecule has 1 N–H and O–H groups in total. The number of aromatic nitrogens is 3. The van der Waals surface area contributed by atoms with Crippen LogP contribution in [-0.2, 0) is 19.5 Å². The third-order valence-electron chi connectivity index (χ3n) is 5.18. The Morgan fingerprint density at radius 2 is 2.10 bits per heavy atom. The Labute approximate surface area is 176 Å². The molecule has 4 aromatic rings. The molecule has 8 heteroatoms. The van der Waals surface area contributed by atoms with Gasteiger partial charge in [-0.3, -0.25) is 9.48 Å². The number of hydrogen-bond donors (Lipinski definition) is 1. The lowest BCUT2D eigenvalue weighted by Gasteiger charge is -2.22. The Morgan fingerprint density at radius 1 is 1.24 bits per heavy atom. The van der Waals surface area contributed by atoms with Crippen molar-refractivity contribution in [1.29, 1.82) is 0 Å². The maximum atomic E-state index is 12.9. The van der Waals surface area contributed by atoms with Gasteiger partial charge >= 0.3 is 0 Å². The highest BCUT2D eigenvalue weighted by molar-refractivity contribution is 7.22. The number of carbonyl (C=O) groups is 1. The number of hydrogen-bond acceptors (Lipinski definition) is 6. The minimum atomic E-state index is -0.175. The second-order valence-corrected chi connectivity index (χ2v) is 9.33. The summed E-state index contributed by atoms with van der Waals surface area (Å²) < 4.78 is 2.92. The largest absolute Gasteiger partial charge is 0.312 e. The van der Waals surface area contributed by atoms with Crippen molar-refractivity contribution in [2.24, 2.45) is 0 Å². The van der Waals surface area contributed by atoms with E-state index in [4.69, 9.17) is 4.98 Å². The molecule has 148 valence electrons. The highest BCUT2D eigenvalue weighted by Gasteiger charge is 2.27. The van der Waals surface area contributed by atoms with E-state index < -0.39 is 0 Å². The van der Waals surface area contributed by atoms with Crippen molar-refractivity contribution in [1.82, 2.24) is 19.7 Å². The lowest BCUT2D eigenvalue weighted by Crippen LogP contribution is -2.25. The molecule has 1 aliphatic heterocycles. The van der Waals surface area contributed by atoms with Crippen LogP contribution < -0.4 is 5.32 Å². The molecule has 0 atom stereocenters. The fourth-order valence-electron chi connectivity index (χ4n) is 3.65. The Kier molecular flexibility index (Phi) is 4.69. The first-order valence-corrected chi connectivity index (χ1v) is 11.3. The Morgan fingerprint density at radius 3 is 2.90 bits per heavy atom. The van der Waals surface area contributed by atoms with E-state index in [2.05, 4.69) is 28.4 Å². The molecular formula is C21H21N5OS2. The second kappa shape index (κ2) is 7.37. The summed E-state index contributed by atoms with van der Waals surface area (Å²) >= 11 is 3.35. The molecule has 1 aromatic carbocycles. The zero-order chi connectivity index (χ0) is 20.0. The smallest absolute Gasteiger partial charge is 0.276 e. The number of nitrogens with zero attached hydrogens (tertiary/aromatic N) is 4. The predicted molar refractivity (Wildman–Crippen MR) is 119 cm³/mol. The molecule has 0 spiro atoms. The van der Waals surface area contributed by atoms with Gasteiger partial charge in [0.05, 0.1) is 10.2 Å². The van der Waals surface area contributed by atoms with Crippen LogP contribution >= 0.6 is 22.7 Å². The number of thiophene rings is 1. The number of para-hydroxylation sites is 1. The Bertz CT molecular complexity index is 1170. The van der Waals surface area contributed by atoms with Crippen LogP contribution in [0.5, 0.6) is 0 Å². The predicted octanol–water partition coefficient (Wildman–Crippen LogP) is 4.48. The van der Waals surface area contributed by atoms with Crippen molar-refractivity contribution in [3.05, 3.63) is 52.7 Å². The van der Waals surface area contributed by atoms with Gasteiger partial charge in [-0.15, -0.1) is 22.7 Å². The number of amides is 1. The first-order valence-electron chi connectivity index (χ1n) is 9.66. The quantitative estimate of drug-likeness (QED) is 0.526. The maximum Gasteiger partial charge on any atom is 0.276 e. The van der Waals surface area contributed by atoms with Crippen molar-refractivity contribution in [3.8, 4) is 10.6 Å². The van der Waals surface area contributed by atoms with Gasteiger partial charge in [-0.2, -0.15) is 5.10 Å². The highest BCUT2D eigenvalue weighted by Crippen LogP contribution is 2.45. The molecule has 29 heavy (non-hydrogen) atoms. The molecule has 0 saturated heterocycles. The fourth-order valence-corrected chi connectivity index (χ4v) is 6.08. The number of thiazole rings is 1. The van der Waals surface area contributed by atoms with E-state index in [1.54, 1.807) is 33.4 Å². The SMILES string of the molecule is CCn1ccc(C(=O)Nc2sc3c(c2-c2nc4ccccc4s2)CCN(C)C3)n1. The first kappa shape index (κ1) is 18.5. The average Bonchev–Trinajstić information content (AvgIpc) is 3.43. The molecule has 3 aromatic heterocycles. The standard InChI is InChI=1S/C21H21N5OS2/c1-3-26-11-9-15(24-26)19(27)23-21-18(13-8-10-25(2)12-17(13)29-21)20-22-14-6-4-5-7-16(14)28-20/h4-7,9,11H,3,8,10,12H2,1-2H3,(H,23,27). The lowest BCUT2D eigenvalue weighted by atomic mass is 10.0. The van der Waals surface area contributed by atoms with Gasteiger partial charge in [0.25, 0.3) is 5.91 Å². The van der Waals surface area contributed by atoms with Gasteiger partial charge in [0.1, 0.15) is 10.0 Å². The summed E-state index contributed by atoms with van der Waals surface area (Å²) in [7, 11) is 2.13. The van der Waals surface area contributed by atoms with Gasteiger partial charge in [0.2, 0.25) is 0 Å². The second-order valence-electron chi connectivity index (χ2n) is 7.19. The number of likely N-dealkylation sites (N-methyl/N-ethyl adjacent to an activating group) is 1. The van der Waals surface area contributed by atoms with Crippen molar-refractivity contribution < 1.29 is 4.79 Å². The molecule has 0 bridgehead atoms. The molecule has 0 aliphatic carbocycles. The first-order chi connectivity index (χ1) is 14.1. The van der Waals surface area contributed by atoms with Gasteiger partial charge in [0.15, 0.2) is 5.69 Å². The molecule has 1 amide bonds. The van der Waals surface area contributed by atoms with Crippen LogP contribution in [0.2, 0.25) is 0 Å². The molecule has 1 aliphatic rings. The van der Waals surface area contributed by atoms with Crippen LogP contribution in [0.3, 0.4) is 0 Å². The molecule has 4 heterocycles. The van der Waals surface area contributed by atoms with Crippen molar-refractivity contribution in [2.75, 3.05) is 18.9 Å². The van der Waals surface area contributed by atoms with E-state index in [0.29, 0.717) is 5.69 Å². The van der Waals surface area contributed by atoms with Crippen LogP contribution in [0.1, 0.15) is 27.9 Å². The fraction of sp³-hybridized carbons (Fsp3) is 0.286. The van der Waals surface area contributed by atoms with E-state index in [9.17, 15) is 4.79 Å². The Balaban J connectivity index is 1.58. The van der Waals surface area contributed by atoms with Crippen molar-refractivity contribution in [2.45, 2.75) is 26.4 Å². The third-order valence-corrected chi connectivity index (χ3v) is 7.37. The van der Waals surface area contributed by atoms with Gasteiger partial charge < -0.3 is 10.2 Å². The van der Waals surface area contributed by atoms with E-state index in [0.717, 1.165) is 51.8 Å². The van der Waals surface area contributed by atoms with Crippen molar-refractivity contribution >= 4 is 43.8 Å². The summed E-state index contributed by atoms with van der Waals surface area (Å²) in [5.41, 5.74) is 3.84. The minimum Gasteiger partial charge on any atom is -0.312 e. The molecule has 0 saturated carbocycles. The van der Waals surface area contributed by atoms with E-state index in [1.165, 1.54) is 10.4 Å². The molecule has 5 rings (SSSR count). The highest BCUT2D eigenvalue weighted by atomic mass is 32.1. The number of fused-ring (bicyclic) bond motifs is 2. The lowest BCUT2D eigenvalue weighted by molar-refractivity contribution is 0.102. The van der Waals surface area contributed by atoms with Crippen LogP contribution in [-0.4, -0.2) is 39.2 Å². The molecular weight excluding hydrogens is 402 g/mol. The molecule has 0 radical (unpaired) electrons. The van der Waals surface area contributed by atoms with Crippen LogP contribution in [0.25, 0.3) is 20.8 Å². The minimum absolute atomic E-state index is 0.175. The van der Waals surface area contributed by atoms with Gasteiger partial charge in [-0.1, -0.05) is 12.1 Å². The maximum absolute atomic E-state index is 12.9. The summed E-state index contributed by atoms with van der Waals surface area (Å²) in [4.78, 5) is 21.4. The van der Waals surface area contributed by atoms with Gasteiger partial charge in [0, 0.05) is 36.3 Å². The summed E-state index contributed by atoms with van der Waals surface area (Å²) in [5, 5.41) is 9.33. The molecule has 6 nitrogen and oxygen atoms in total. The number of nitrogens with one attached hydrogen (secondary N) is 1. The summed E-state index contributed by atoms with van der Waals surface area (Å²) in [6.45, 7) is 4.65. The van der Waals surface area contributed by atoms with E-state index >= 15 is 0 Å². The van der Waals surface area contributed by atoms with Crippen LogP contribution in [0.15, 0.2) is 36.5 Å². The molecule has 0 unspecified atom stereocenters. The number of benzene rings is 1. The van der Waals surface area contributed by atoms with Gasteiger partial charge in [-0.25, -0.2) is 4.98 Å². The number of rotatable bonds is 4. The monoisotopic (exact) mass is 423 g/mol. The zero-order valence-electron chi connectivity index (χ0n) is 16.3. The molecule has 0 fully saturated rings. The average molecular weight is 424 g/mol. The zero-order valence-corrected chi connectivity index (χ0v) is 17.9. The Hall–Kier alpha value is -2.55. The van der Waals surface area contributed by atoms with E-state index in [1.807, 2.05) is 31.3 Å². The number of anilines is 1. The topological polar surface area (TPSA) is 63.1 Å². The van der Waals surface area contributed by atoms with Crippen LogP contribution in [0.4, 0.5) is 5.00 Å². The van der Waals surface area contributed by atoms with E-state index in [-0.39, 0.29) is 5.91 Å².